The van der Waals surface area contributed by atoms with E-state index in [0.29, 0.717) is 7.35 Å². The number of benzene rings is 3. The molecule has 2 aliphatic carbocycles. The number of halogens is 2. The molecule has 0 saturated heterocycles. The van der Waals surface area contributed by atoms with Gasteiger partial charge in [0, 0.05) is 0 Å². The molecule has 3 aromatic rings. The van der Waals surface area contributed by atoms with Crippen molar-refractivity contribution >= 4 is 22.8 Å². The SMILES string of the molecule is C[Si](c1ccccc1)=[Hf+2]([CH]1C=Cc2ccccc21)[CH]1C=Cc2ccccc21.[Cl-].[Cl-]. The number of allylic oxidation sites excluding steroid dienone is 2. The Labute approximate surface area is 193 Å². The van der Waals surface area contributed by atoms with Gasteiger partial charge in [0.25, 0.3) is 0 Å². The van der Waals surface area contributed by atoms with Crippen molar-refractivity contribution < 1.29 is 44.9 Å². The van der Waals surface area contributed by atoms with Gasteiger partial charge in [-0.3, -0.25) is 0 Å². The van der Waals surface area contributed by atoms with Gasteiger partial charge in [0.1, 0.15) is 0 Å². The Balaban J connectivity index is 0.00000120. The summed E-state index contributed by atoms with van der Waals surface area (Å²) in [5, 5.41) is 1.63. The first kappa shape index (κ1) is 22.5. The Morgan fingerprint density at radius 1 is 0.621 bits per heavy atom. The predicted octanol–water partition coefficient (Wildman–Crippen LogP) is -0.323. The average molecular weight is 600 g/mol. The molecular formula is C25H22Cl2HfSi. The maximum absolute atomic E-state index is 2.60. The van der Waals surface area contributed by atoms with Crippen LogP contribution in [0.4, 0.5) is 0 Å². The first-order valence-corrected chi connectivity index (χ1v) is 21.2. The summed E-state index contributed by atoms with van der Waals surface area (Å²) in [4.78, 5) is 0. The first-order valence-electron chi connectivity index (χ1n) is 9.63. The topological polar surface area (TPSA) is 0 Å². The van der Waals surface area contributed by atoms with Gasteiger partial charge in [-0.15, -0.1) is 0 Å². The van der Waals surface area contributed by atoms with Crippen molar-refractivity contribution in [3.8, 4) is 0 Å². The van der Waals surface area contributed by atoms with Crippen LogP contribution in [0.1, 0.15) is 29.6 Å². The van der Waals surface area contributed by atoms with E-state index in [2.05, 4.69) is 110 Å². The average Bonchev–Trinajstić information content (AvgIpc) is 3.34. The van der Waals surface area contributed by atoms with Crippen LogP contribution in [0.3, 0.4) is 0 Å². The molecule has 0 amide bonds. The van der Waals surface area contributed by atoms with Gasteiger partial charge in [-0.25, -0.2) is 0 Å². The van der Waals surface area contributed by atoms with Crippen molar-refractivity contribution in [2.45, 2.75) is 13.9 Å². The fraction of sp³-hybridized carbons (Fsp3) is 0.120. The maximum Gasteiger partial charge on any atom is -1.00 e. The van der Waals surface area contributed by atoms with Crippen LogP contribution >= 0.6 is 0 Å². The van der Waals surface area contributed by atoms with E-state index >= 15 is 0 Å². The van der Waals surface area contributed by atoms with Crippen molar-refractivity contribution in [1.82, 2.24) is 0 Å². The Bertz CT molecular complexity index is 1040. The third-order valence-electron chi connectivity index (χ3n) is 5.91. The second kappa shape index (κ2) is 9.74. The zero-order chi connectivity index (χ0) is 18.2. The molecule has 2 atom stereocenters. The van der Waals surface area contributed by atoms with Gasteiger partial charge in [0.15, 0.2) is 0 Å². The third-order valence-corrected chi connectivity index (χ3v) is 33.9. The number of fused-ring (bicyclic) bond motifs is 2. The minimum absolute atomic E-state index is 0. The van der Waals surface area contributed by atoms with Crippen LogP contribution in [0, 0.1) is 0 Å². The molecule has 3 aromatic carbocycles. The molecule has 5 rings (SSSR count). The minimum Gasteiger partial charge on any atom is -1.00 e. The van der Waals surface area contributed by atoms with E-state index in [1.807, 2.05) is 0 Å². The monoisotopic (exact) mass is 600 g/mol. The van der Waals surface area contributed by atoms with Gasteiger partial charge in [0.05, 0.1) is 0 Å². The smallest absolute Gasteiger partial charge is 1.00 e. The van der Waals surface area contributed by atoms with E-state index in [0.717, 1.165) is 0 Å². The molecule has 2 unspecified atom stereocenters. The molecular weight excluding hydrogens is 578 g/mol. The predicted molar refractivity (Wildman–Crippen MR) is 114 cm³/mol. The van der Waals surface area contributed by atoms with E-state index in [1.165, 1.54) is 11.1 Å². The Kier molecular flexibility index (Phi) is 7.56. The van der Waals surface area contributed by atoms with Crippen LogP contribution in [0.5, 0.6) is 0 Å². The summed E-state index contributed by atoms with van der Waals surface area (Å²) in [7, 11) is 0. The molecule has 0 aliphatic heterocycles. The molecule has 0 spiro atoms. The second-order valence-electron chi connectivity index (χ2n) is 7.38. The van der Waals surface area contributed by atoms with Gasteiger partial charge in [-0.2, -0.15) is 0 Å². The molecule has 2 aliphatic rings. The molecule has 0 saturated carbocycles. The van der Waals surface area contributed by atoms with Crippen LogP contribution in [0.15, 0.2) is 91.0 Å². The van der Waals surface area contributed by atoms with Crippen LogP contribution < -0.4 is 30.0 Å². The summed E-state index contributed by atoms with van der Waals surface area (Å²) >= 11 is -2.17. The summed E-state index contributed by atoms with van der Waals surface area (Å²) in [6, 6.07) is 29.5. The van der Waals surface area contributed by atoms with Crippen molar-refractivity contribution in [2.75, 3.05) is 0 Å². The second-order valence-corrected chi connectivity index (χ2v) is 29.8. The van der Waals surface area contributed by atoms with Gasteiger partial charge >= 0.3 is 170 Å². The van der Waals surface area contributed by atoms with Crippen LogP contribution in [0.2, 0.25) is 6.55 Å². The van der Waals surface area contributed by atoms with E-state index in [4.69, 9.17) is 0 Å². The van der Waals surface area contributed by atoms with Crippen molar-refractivity contribution in [1.29, 1.82) is 0 Å². The molecule has 0 N–H and O–H groups in total. The van der Waals surface area contributed by atoms with E-state index < -0.39 is 25.6 Å². The van der Waals surface area contributed by atoms with Crippen molar-refractivity contribution in [3.05, 3.63) is 113 Å². The van der Waals surface area contributed by atoms with Crippen LogP contribution in [-0.2, 0) is 20.1 Å². The van der Waals surface area contributed by atoms with Gasteiger partial charge < -0.3 is 24.8 Å². The Hall–Kier alpha value is -1.19. The van der Waals surface area contributed by atoms with E-state index in [-0.39, 0.29) is 24.8 Å². The molecule has 0 heterocycles. The summed E-state index contributed by atoms with van der Waals surface area (Å²) < 4.78 is 1.40. The maximum atomic E-state index is 2.60. The molecule has 0 fully saturated rings. The molecule has 0 bridgehead atoms. The fourth-order valence-electron chi connectivity index (χ4n) is 4.56. The van der Waals surface area contributed by atoms with E-state index in [1.54, 1.807) is 16.3 Å². The first-order chi connectivity index (χ1) is 13.3. The zero-order valence-electron chi connectivity index (χ0n) is 16.2. The van der Waals surface area contributed by atoms with Crippen molar-refractivity contribution in [2.24, 2.45) is 0 Å². The molecule has 0 nitrogen and oxygen atoms in total. The number of hydrogen-bond donors (Lipinski definition) is 0. The molecule has 4 heteroatoms. The number of rotatable bonds is 3. The molecule has 0 radical (unpaired) electrons. The van der Waals surface area contributed by atoms with E-state index in [9.17, 15) is 0 Å². The summed E-state index contributed by atoms with van der Waals surface area (Å²) in [5.41, 5.74) is 5.54. The number of hydrogen-bond acceptors (Lipinski definition) is 0. The molecule has 29 heavy (non-hydrogen) atoms. The van der Waals surface area contributed by atoms with Crippen LogP contribution in [-0.4, -0.2) is 5.49 Å². The summed E-state index contributed by atoms with van der Waals surface area (Å²) in [6.45, 7) is 2.60. The fourth-order valence-corrected chi connectivity index (χ4v) is 33.9. The van der Waals surface area contributed by atoms with Crippen LogP contribution in [0.25, 0.3) is 12.2 Å². The largest absolute Gasteiger partial charge is 1.00 e. The van der Waals surface area contributed by atoms with Crippen molar-refractivity contribution in [3.63, 3.8) is 0 Å². The third kappa shape index (κ3) is 4.18. The van der Waals surface area contributed by atoms with Gasteiger partial charge in [-0.05, 0) is 0 Å². The Morgan fingerprint density at radius 2 is 1.07 bits per heavy atom. The standard InChI is InChI=1S/2C9H7.C7H8Si.2ClH.Hf/c2*1-2-5-9-7-3-6-8(9)4-1;1-8-7-5-3-2-4-6-7;;;/h2*1-7H;2-6H,1H3;2*1H;/q;;;;;+2/p-2. The quantitative estimate of drug-likeness (QED) is 0.362. The van der Waals surface area contributed by atoms with Gasteiger partial charge in [-0.1, -0.05) is 0 Å². The zero-order valence-corrected chi connectivity index (χ0v) is 22.3. The normalized spacial score (nSPS) is 17.4. The molecule has 0 aromatic heterocycles. The molecule has 144 valence electrons. The van der Waals surface area contributed by atoms with Gasteiger partial charge in [0.2, 0.25) is 0 Å². The minimum atomic E-state index is -2.17. The Morgan fingerprint density at radius 3 is 1.59 bits per heavy atom. The summed E-state index contributed by atoms with van der Waals surface area (Å²) in [5.74, 6) is 0. The summed E-state index contributed by atoms with van der Waals surface area (Å²) in [6.07, 6.45) is 9.88.